The largest absolute Gasteiger partial charge is 0.496 e. The van der Waals surface area contributed by atoms with Crippen LogP contribution >= 0.6 is 0 Å². The van der Waals surface area contributed by atoms with Crippen LogP contribution in [0.2, 0.25) is 0 Å². The van der Waals surface area contributed by atoms with Gasteiger partial charge in [0.15, 0.2) is 0 Å². The van der Waals surface area contributed by atoms with Gasteiger partial charge in [-0.15, -0.1) is 0 Å². The topological polar surface area (TPSA) is 9.23 Å². The first-order chi connectivity index (χ1) is 3.62. The van der Waals surface area contributed by atoms with Crippen LogP contribution in [0.15, 0.2) is 12.8 Å². The van der Waals surface area contributed by atoms with E-state index in [4.69, 9.17) is 4.74 Å². The third-order valence-corrected chi connectivity index (χ3v) is 1.25. The molecule has 0 saturated heterocycles. The minimum Gasteiger partial charge on any atom is -0.496 e. The van der Waals surface area contributed by atoms with Gasteiger partial charge in [-0.25, -0.2) is 0 Å². The van der Waals surface area contributed by atoms with Gasteiger partial charge in [-0.3, -0.25) is 0 Å². The van der Waals surface area contributed by atoms with Gasteiger partial charge in [-0.1, -0.05) is 13.5 Å². The van der Waals surface area contributed by atoms with E-state index in [2.05, 4.69) is 13.5 Å². The van der Waals surface area contributed by atoms with Crippen molar-refractivity contribution >= 4 is 0 Å². The second-order valence-corrected chi connectivity index (χ2v) is 2.40. The van der Waals surface area contributed by atoms with E-state index in [1.54, 1.807) is 0 Å². The molecule has 0 spiro atoms. The van der Waals surface area contributed by atoms with Gasteiger partial charge in [0, 0.05) is 0 Å². The molecule has 0 aliphatic heterocycles. The van der Waals surface area contributed by atoms with Crippen LogP contribution in [0, 0.1) is 0 Å². The fourth-order valence-electron chi connectivity index (χ4n) is 0.309. The van der Waals surface area contributed by atoms with Gasteiger partial charge >= 0.3 is 0 Å². The van der Waals surface area contributed by atoms with Gasteiger partial charge < -0.3 is 4.74 Å². The van der Waals surface area contributed by atoms with Crippen LogP contribution in [-0.4, -0.2) is 5.60 Å². The Kier molecular flexibility index (Phi) is 2.59. The van der Waals surface area contributed by atoms with Crippen molar-refractivity contribution in [2.45, 2.75) is 32.8 Å². The van der Waals surface area contributed by atoms with Crippen molar-refractivity contribution in [1.29, 1.82) is 0 Å². The van der Waals surface area contributed by atoms with Crippen LogP contribution in [0.5, 0.6) is 0 Å². The van der Waals surface area contributed by atoms with Crippen LogP contribution in [0.1, 0.15) is 27.2 Å². The minimum absolute atomic E-state index is 0.0260. The van der Waals surface area contributed by atoms with Crippen LogP contribution < -0.4 is 0 Å². The maximum absolute atomic E-state index is 5.14. The molecule has 0 amide bonds. The van der Waals surface area contributed by atoms with Crippen molar-refractivity contribution in [1.82, 2.24) is 0 Å². The first-order valence-electron chi connectivity index (χ1n) is 2.91. The Morgan fingerprint density at radius 1 is 1.62 bits per heavy atom. The Bertz CT molecular complexity index is 74.5. The van der Waals surface area contributed by atoms with Gasteiger partial charge in [0.25, 0.3) is 0 Å². The predicted octanol–water partition coefficient (Wildman–Crippen LogP) is 2.34. The van der Waals surface area contributed by atoms with E-state index in [1.807, 2.05) is 13.8 Å². The van der Waals surface area contributed by atoms with Gasteiger partial charge in [0.2, 0.25) is 0 Å². The lowest BCUT2D eigenvalue weighted by atomic mass is 10.1. The molecule has 0 heterocycles. The van der Waals surface area contributed by atoms with Crippen molar-refractivity contribution in [2.75, 3.05) is 0 Å². The van der Waals surface area contributed by atoms with Gasteiger partial charge in [-0.05, 0) is 20.3 Å². The highest BCUT2D eigenvalue weighted by Crippen LogP contribution is 2.12. The maximum atomic E-state index is 5.14. The third-order valence-electron chi connectivity index (χ3n) is 1.25. The second-order valence-electron chi connectivity index (χ2n) is 2.40. The monoisotopic (exact) mass is 114 g/mol. The summed E-state index contributed by atoms with van der Waals surface area (Å²) in [4.78, 5) is 0. The normalized spacial score (nSPS) is 10.9. The molecular formula is C7H14O. The van der Waals surface area contributed by atoms with Gasteiger partial charge in [0.1, 0.15) is 5.60 Å². The molecule has 1 heteroatoms. The molecule has 8 heavy (non-hydrogen) atoms. The molecule has 0 bridgehead atoms. The second kappa shape index (κ2) is 2.75. The zero-order valence-electron chi connectivity index (χ0n) is 5.90. The van der Waals surface area contributed by atoms with Gasteiger partial charge in [0.05, 0.1) is 6.26 Å². The lowest BCUT2D eigenvalue weighted by molar-refractivity contribution is 0.0550. The van der Waals surface area contributed by atoms with Crippen molar-refractivity contribution < 1.29 is 4.74 Å². The van der Waals surface area contributed by atoms with E-state index in [0.29, 0.717) is 0 Å². The van der Waals surface area contributed by atoms with E-state index < -0.39 is 0 Å². The van der Waals surface area contributed by atoms with Crippen molar-refractivity contribution in [3.63, 3.8) is 0 Å². The molecular weight excluding hydrogens is 100 g/mol. The standard InChI is InChI=1S/C7H14O/c1-5-7(3,4)8-6-2/h6H,2,5H2,1,3-4H3. The Balaban J connectivity index is 3.53. The van der Waals surface area contributed by atoms with E-state index in [-0.39, 0.29) is 5.60 Å². The Labute approximate surface area is 51.4 Å². The highest BCUT2D eigenvalue weighted by Gasteiger charge is 2.12. The summed E-state index contributed by atoms with van der Waals surface area (Å²) in [5.74, 6) is 0. The molecule has 0 unspecified atom stereocenters. The average Bonchev–Trinajstić information content (AvgIpc) is 1.67. The molecule has 0 fully saturated rings. The van der Waals surface area contributed by atoms with Crippen LogP contribution in [-0.2, 0) is 4.74 Å². The molecule has 0 rings (SSSR count). The molecule has 0 atom stereocenters. The van der Waals surface area contributed by atoms with Gasteiger partial charge in [-0.2, -0.15) is 0 Å². The third kappa shape index (κ3) is 2.67. The summed E-state index contributed by atoms with van der Waals surface area (Å²) in [6.45, 7) is 9.63. The lowest BCUT2D eigenvalue weighted by Gasteiger charge is -2.21. The molecule has 0 aromatic rings. The maximum Gasteiger partial charge on any atom is 0.102 e. The smallest absolute Gasteiger partial charge is 0.102 e. The Hall–Kier alpha value is -0.460. The van der Waals surface area contributed by atoms with Crippen LogP contribution in [0.25, 0.3) is 0 Å². The summed E-state index contributed by atoms with van der Waals surface area (Å²) in [6.07, 6.45) is 2.50. The zero-order chi connectivity index (χ0) is 6.62. The van der Waals surface area contributed by atoms with Crippen molar-refractivity contribution in [3.8, 4) is 0 Å². The first kappa shape index (κ1) is 7.54. The summed E-state index contributed by atoms with van der Waals surface area (Å²) in [5, 5.41) is 0. The summed E-state index contributed by atoms with van der Waals surface area (Å²) >= 11 is 0. The Morgan fingerprint density at radius 2 is 2.12 bits per heavy atom. The van der Waals surface area contributed by atoms with E-state index in [0.717, 1.165) is 6.42 Å². The van der Waals surface area contributed by atoms with E-state index in [1.165, 1.54) is 6.26 Å². The molecule has 0 saturated carbocycles. The molecule has 0 N–H and O–H groups in total. The van der Waals surface area contributed by atoms with Crippen molar-refractivity contribution in [3.05, 3.63) is 12.8 Å². The SMILES string of the molecule is C=COC(C)(C)CC. The average molecular weight is 114 g/mol. The summed E-state index contributed by atoms with van der Waals surface area (Å²) in [6, 6.07) is 0. The predicted molar refractivity (Wildman–Crippen MR) is 35.7 cm³/mol. The molecule has 1 nitrogen and oxygen atoms in total. The van der Waals surface area contributed by atoms with Crippen LogP contribution in [0.4, 0.5) is 0 Å². The van der Waals surface area contributed by atoms with E-state index in [9.17, 15) is 0 Å². The zero-order valence-corrected chi connectivity index (χ0v) is 5.90. The number of rotatable bonds is 3. The lowest BCUT2D eigenvalue weighted by Crippen LogP contribution is -2.19. The fraction of sp³-hybridized carbons (Fsp3) is 0.714. The van der Waals surface area contributed by atoms with Crippen LogP contribution in [0.3, 0.4) is 0 Å². The molecule has 0 radical (unpaired) electrons. The fourth-order valence-corrected chi connectivity index (χ4v) is 0.309. The first-order valence-corrected chi connectivity index (χ1v) is 2.91. The molecule has 0 aromatic heterocycles. The number of hydrogen-bond donors (Lipinski definition) is 0. The van der Waals surface area contributed by atoms with Crippen molar-refractivity contribution in [2.24, 2.45) is 0 Å². The highest BCUT2D eigenvalue weighted by molar-refractivity contribution is 4.68. The summed E-state index contributed by atoms with van der Waals surface area (Å²) < 4.78 is 5.14. The minimum atomic E-state index is -0.0260. The molecule has 0 aromatic carbocycles. The molecule has 0 aliphatic rings. The molecule has 48 valence electrons. The quantitative estimate of drug-likeness (QED) is 0.512. The number of ether oxygens (including phenoxy) is 1. The highest BCUT2D eigenvalue weighted by atomic mass is 16.5. The molecule has 0 aliphatic carbocycles. The summed E-state index contributed by atoms with van der Waals surface area (Å²) in [7, 11) is 0. The van der Waals surface area contributed by atoms with E-state index >= 15 is 0 Å². The number of hydrogen-bond acceptors (Lipinski definition) is 1. The Morgan fingerprint density at radius 3 is 2.25 bits per heavy atom. The summed E-state index contributed by atoms with van der Waals surface area (Å²) in [5.41, 5.74) is -0.0260.